The van der Waals surface area contributed by atoms with Gasteiger partial charge in [-0.1, -0.05) is 146 Å². The molecule has 0 spiro atoms. The third-order valence-corrected chi connectivity index (χ3v) is 9.13. The summed E-state index contributed by atoms with van der Waals surface area (Å²) in [4.78, 5) is 2.31. The fourth-order valence-corrected chi connectivity index (χ4v) is 6.67. The zero-order valence-corrected chi connectivity index (χ0v) is 25.3. The Morgan fingerprint density at radius 2 is 0.889 bits per heavy atom. The van der Waals surface area contributed by atoms with Gasteiger partial charge in [-0.25, -0.2) is 0 Å². The smallest absolute Gasteiger partial charge is 0.0494 e. The second kappa shape index (κ2) is 11.4. The molecule has 8 rings (SSSR count). The number of nitrogens with zero attached hydrogens (tertiary/aromatic N) is 1. The molecule has 1 aliphatic carbocycles. The van der Waals surface area contributed by atoms with Gasteiger partial charge in [0.15, 0.2) is 0 Å². The van der Waals surface area contributed by atoms with Crippen LogP contribution in [0.25, 0.3) is 55.6 Å². The van der Waals surface area contributed by atoms with E-state index in [0.29, 0.717) is 0 Å². The van der Waals surface area contributed by atoms with E-state index in [-0.39, 0.29) is 0 Å². The lowest BCUT2D eigenvalue weighted by molar-refractivity contribution is 1.21. The Labute approximate surface area is 265 Å². The summed E-state index contributed by atoms with van der Waals surface area (Å²) in [7, 11) is 2.17. The van der Waals surface area contributed by atoms with E-state index in [1.165, 1.54) is 72.4 Å². The molecule has 1 heteroatoms. The van der Waals surface area contributed by atoms with Crippen LogP contribution < -0.4 is 4.90 Å². The predicted octanol–water partition coefficient (Wildman–Crippen LogP) is 11.7. The minimum absolute atomic E-state index is 1.02. The maximum atomic E-state index is 2.36. The summed E-state index contributed by atoms with van der Waals surface area (Å²) in [6.45, 7) is 0. The number of benzene rings is 7. The second-order valence-corrected chi connectivity index (χ2v) is 11.9. The van der Waals surface area contributed by atoms with Crippen LogP contribution in [-0.4, -0.2) is 7.05 Å². The van der Waals surface area contributed by atoms with Crippen molar-refractivity contribution in [1.29, 1.82) is 0 Å². The van der Waals surface area contributed by atoms with Gasteiger partial charge in [0.05, 0.1) is 0 Å². The fourth-order valence-electron chi connectivity index (χ4n) is 6.67. The molecule has 0 aliphatic heterocycles. The molecule has 0 aromatic heterocycles. The minimum atomic E-state index is 1.02. The fraction of sp³-hybridized carbons (Fsp3) is 0.0455. The van der Waals surface area contributed by atoms with Gasteiger partial charge < -0.3 is 4.90 Å². The molecule has 7 aromatic rings. The molecule has 0 radical (unpaired) electrons. The Hall–Kier alpha value is -5.66. The molecule has 0 amide bonds. The van der Waals surface area contributed by atoms with Gasteiger partial charge in [-0.05, 0) is 91.9 Å². The molecular weight excluding hydrogens is 542 g/mol. The van der Waals surface area contributed by atoms with E-state index in [4.69, 9.17) is 0 Å². The van der Waals surface area contributed by atoms with Crippen molar-refractivity contribution in [2.75, 3.05) is 11.9 Å². The standard InChI is InChI=1S/C44H33N/c1-45(40-17-10-16-35(28-40)31-11-4-2-5-12-31)44-30-37(25-26-42(44)34-13-6-3-7-14-34)33-21-19-32(20-22-33)36-23-24-39-27-38-15-8-9-18-41(38)43(39)29-36/h2-26,28-30H,27H2,1H3. The van der Waals surface area contributed by atoms with Gasteiger partial charge in [0.1, 0.15) is 0 Å². The molecule has 7 aromatic carbocycles. The molecule has 1 aliphatic rings. The Bertz CT molecular complexity index is 2130. The molecule has 0 saturated heterocycles. The van der Waals surface area contributed by atoms with Crippen molar-refractivity contribution < 1.29 is 0 Å². The molecule has 0 N–H and O–H groups in total. The summed E-state index contributed by atoms with van der Waals surface area (Å²) in [6.07, 6.45) is 1.02. The van der Waals surface area contributed by atoms with Crippen LogP contribution in [0.15, 0.2) is 170 Å². The Morgan fingerprint density at radius 3 is 1.64 bits per heavy atom. The van der Waals surface area contributed by atoms with E-state index in [2.05, 4.69) is 182 Å². The highest BCUT2D eigenvalue weighted by Crippen LogP contribution is 2.41. The van der Waals surface area contributed by atoms with Crippen LogP contribution in [0.3, 0.4) is 0 Å². The number of anilines is 2. The second-order valence-electron chi connectivity index (χ2n) is 11.9. The van der Waals surface area contributed by atoms with Crippen LogP contribution >= 0.6 is 0 Å². The van der Waals surface area contributed by atoms with E-state index in [0.717, 1.165) is 12.1 Å². The van der Waals surface area contributed by atoms with Crippen molar-refractivity contribution in [2.45, 2.75) is 6.42 Å². The number of fused-ring (bicyclic) bond motifs is 3. The molecule has 214 valence electrons. The predicted molar refractivity (Wildman–Crippen MR) is 191 cm³/mol. The lowest BCUT2D eigenvalue weighted by Crippen LogP contribution is -2.11. The summed E-state index contributed by atoms with van der Waals surface area (Å²) in [5, 5.41) is 0. The highest BCUT2D eigenvalue weighted by Gasteiger charge is 2.18. The largest absolute Gasteiger partial charge is 0.344 e. The van der Waals surface area contributed by atoms with Gasteiger partial charge in [-0.2, -0.15) is 0 Å². The van der Waals surface area contributed by atoms with E-state index in [1.807, 2.05) is 0 Å². The van der Waals surface area contributed by atoms with Crippen molar-refractivity contribution in [1.82, 2.24) is 0 Å². The maximum Gasteiger partial charge on any atom is 0.0494 e. The monoisotopic (exact) mass is 575 g/mol. The Kier molecular flexibility index (Phi) is 6.85. The molecule has 0 saturated carbocycles. The van der Waals surface area contributed by atoms with Crippen molar-refractivity contribution in [2.24, 2.45) is 0 Å². The topological polar surface area (TPSA) is 3.24 Å². The third-order valence-electron chi connectivity index (χ3n) is 9.13. The highest BCUT2D eigenvalue weighted by molar-refractivity contribution is 5.87. The van der Waals surface area contributed by atoms with Crippen LogP contribution in [0.2, 0.25) is 0 Å². The van der Waals surface area contributed by atoms with Gasteiger partial charge in [0, 0.05) is 24.0 Å². The molecule has 0 heterocycles. The summed E-state index contributed by atoms with van der Waals surface area (Å²) in [5.41, 5.74) is 17.7. The molecule has 1 nitrogen and oxygen atoms in total. The lowest BCUT2D eigenvalue weighted by atomic mass is 9.95. The summed E-state index contributed by atoms with van der Waals surface area (Å²) < 4.78 is 0. The van der Waals surface area contributed by atoms with Gasteiger partial charge in [-0.15, -0.1) is 0 Å². The minimum Gasteiger partial charge on any atom is -0.344 e. The molecule has 0 atom stereocenters. The molecule has 0 bridgehead atoms. The quantitative estimate of drug-likeness (QED) is 0.191. The van der Waals surface area contributed by atoms with Gasteiger partial charge in [0.2, 0.25) is 0 Å². The zero-order chi connectivity index (χ0) is 30.2. The average Bonchev–Trinajstić information content (AvgIpc) is 3.50. The first-order valence-corrected chi connectivity index (χ1v) is 15.6. The van der Waals surface area contributed by atoms with Crippen LogP contribution in [0.1, 0.15) is 11.1 Å². The Balaban J connectivity index is 1.15. The first kappa shape index (κ1) is 26.9. The van der Waals surface area contributed by atoms with Crippen molar-refractivity contribution >= 4 is 11.4 Å². The molecule has 45 heavy (non-hydrogen) atoms. The van der Waals surface area contributed by atoms with E-state index in [9.17, 15) is 0 Å². The molecular formula is C44H33N. The number of hydrogen-bond donors (Lipinski definition) is 0. The summed E-state index contributed by atoms with van der Waals surface area (Å²) >= 11 is 0. The average molecular weight is 576 g/mol. The number of rotatable bonds is 6. The molecule has 0 fully saturated rings. The third kappa shape index (κ3) is 5.13. The van der Waals surface area contributed by atoms with Gasteiger partial charge >= 0.3 is 0 Å². The van der Waals surface area contributed by atoms with Crippen LogP contribution in [0, 0.1) is 0 Å². The SMILES string of the molecule is CN(c1cccc(-c2ccccc2)c1)c1cc(-c2ccc(-c3ccc4c(c3)-c3ccccc3C4)cc2)ccc1-c1ccccc1. The summed E-state index contributed by atoms with van der Waals surface area (Å²) in [6, 6.07) is 61.7. The van der Waals surface area contributed by atoms with Gasteiger partial charge in [-0.3, -0.25) is 0 Å². The van der Waals surface area contributed by atoms with Crippen molar-refractivity contribution in [3.63, 3.8) is 0 Å². The first-order chi connectivity index (χ1) is 22.2. The van der Waals surface area contributed by atoms with Crippen LogP contribution in [-0.2, 0) is 6.42 Å². The van der Waals surface area contributed by atoms with Crippen molar-refractivity contribution in [3.8, 4) is 55.6 Å². The van der Waals surface area contributed by atoms with E-state index < -0.39 is 0 Å². The maximum absolute atomic E-state index is 2.36. The van der Waals surface area contributed by atoms with Crippen molar-refractivity contribution in [3.05, 3.63) is 181 Å². The Morgan fingerprint density at radius 1 is 0.356 bits per heavy atom. The normalized spacial score (nSPS) is 11.6. The zero-order valence-electron chi connectivity index (χ0n) is 25.3. The summed E-state index contributed by atoms with van der Waals surface area (Å²) in [5.74, 6) is 0. The molecule has 0 unspecified atom stereocenters. The van der Waals surface area contributed by atoms with E-state index in [1.54, 1.807) is 0 Å². The lowest BCUT2D eigenvalue weighted by Gasteiger charge is -2.24. The highest BCUT2D eigenvalue weighted by atomic mass is 15.1. The van der Waals surface area contributed by atoms with E-state index >= 15 is 0 Å². The van der Waals surface area contributed by atoms with Crippen LogP contribution in [0.5, 0.6) is 0 Å². The van der Waals surface area contributed by atoms with Gasteiger partial charge in [0.25, 0.3) is 0 Å². The van der Waals surface area contributed by atoms with Crippen LogP contribution in [0.4, 0.5) is 11.4 Å². The number of hydrogen-bond acceptors (Lipinski definition) is 1. The first-order valence-electron chi connectivity index (χ1n) is 15.6.